The maximum atomic E-state index is 9.27. The van der Waals surface area contributed by atoms with Crippen LogP contribution in [0.5, 0.6) is 0 Å². The van der Waals surface area contributed by atoms with Crippen molar-refractivity contribution >= 4 is 0 Å². The minimum atomic E-state index is -0.481. The van der Waals surface area contributed by atoms with Crippen LogP contribution in [0.2, 0.25) is 0 Å². The summed E-state index contributed by atoms with van der Waals surface area (Å²) in [5.74, 6) is 0. The Hall–Kier alpha value is -2.53. The standard InChI is InChI=1S/C11H22O5.3N3/c1-2-3-11(13)10-16-9-8-15-7-6-14-5-4-12;3*1-3-2/h2,11-13H,1,3-10H2;;;/q;3*-1. The van der Waals surface area contributed by atoms with Crippen molar-refractivity contribution in [2.24, 2.45) is 0 Å². The first-order chi connectivity index (χ1) is 12.1. The lowest BCUT2D eigenvalue weighted by Crippen LogP contribution is -2.17. The van der Waals surface area contributed by atoms with Gasteiger partial charge in [-0.15, -0.1) is 6.58 Å². The second-order valence-electron chi connectivity index (χ2n) is 3.47. The van der Waals surface area contributed by atoms with Gasteiger partial charge < -0.3 is 57.6 Å². The van der Waals surface area contributed by atoms with Gasteiger partial charge in [0.05, 0.1) is 52.4 Å². The third kappa shape index (κ3) is 61.9. The van der Waals surface area contributed by atoms with Crippen LogP contribution in [-0.4, -0.2) is 62.6 Å². The van der Waals surface area contributed by atoms with Gasteiger partial charge in [0, 0.05) is 0 Å². The van der Waals surface area contributed by atoms with E-state index in [1.807, 2.05) is 0 Å². The van der Waals surface area contributed by atoms with Crippen molar-refractivity contribution in [3.05, 3.63) is 60.6 Å². The van der Waals surface area contributed by atoms with Gasteiger partial charge in [-0.3, -0.25) is 14.7 Å². The fourth-order valence-electron chi connectivity index (χ4n) is 0.984. The lowest BCUT2D eigenvalue weighted by atomic mass is 10.3. The maximum absolute atomic E-state index is 9.27. The van der Waals surface area contributed by atoms with Crippen molar-refractivity contribution in [3.8, 4) is 0 Å². The Kier molecular flexibility index (Phi) is 45.7. The van der Waals surface area contributed by atoms with Gasteiger partial charge in [0.25, 0.3) is 0 Å². The first-order valence-electron chi connectivity index (χ1n) is 6.64. The molecule has 0 saturated heterocycles. The molecule has 0 aromatic carbocycles. The molecule has 0 saturated carbocycles. The van der Waals surface area contributed by atoms with Gasteiger partial charge in [-0.05, 0) is 6.42 Å². The van der Waals surface area contributed by atoms with Crippen LogP contribution in [0.25, 0.3) is 47.9 Å². The van der Waals surface area contributed by atoms with Crippen LogP contribution in [0, 0.1) is 0 Å². The van der Waals surface area contributed by atoms with E-state index in [0.717, 1.165) is 0 Å². The molecule has 0 spiro atoms. The van der Waals surface area contributed by atoms with Crippen molar-refractivity contribution in [3.63, 3.8) is 0 Å². The number of aliphatic hydroxyl groups excluding tert-OH is 2. The average molecular weight is 360 g/mol. The Labute approximate surface area is 144 Å². The summed E-state index contributed by atoms with van der Waals surface area (Å²) in [5, 5.41) is 17.7. The molecule has 25 heavy (non-hydrogen) atoms. The minimum absolute atomic E-state index is 0.0320. The summed E-state index contributed by atoms with van der Waals surface area (Å²) >= 11 is 0. The molecule has 0 aromatic rings. The van der Waals surface area contributed by atoms with Gasteiger partial charge in [0.1, 0.15) is 0 Å². The third-order valence-electron chi connectivity index (χ3n) is 1.73. The van der Waals surface area contributed by atoms with Crippen molar-refractivity contribution in [1.29, 1.82) is 0 Å². The molecule has 1 atom stereocenters. The van der Waals surface area contributed by atoms with E-state index < -0.39 is 6.10 Å². The van der Waals surface area contributed by atoms with Crippen LogP contribution in [0.3, 0.4) is 0 Å². The predicted octanol–water partition coefficient (Wildman–Crippen LogP) is 2.56. The first-order valence-corrected chi connectivity index (χ1v) is 6.64. The van der Waals surface area contributed by atoms with Gasteiger partial charge in [0.2, 0.25) is 0 Å². The van der Waals surface area contributed by atoms with Crippen LogP contribution >= 0.6 is 0 Å². The van der Waals surface area contributed by atoms with Crippen molar-refractivity contribution in [2.45, 2.75) is 12.5 Å². The van der Waals surface area contributed by atoms with E-state index in [9.17, 15) is 5.11 Å². The zero-order chi connectivity index (χ0) is 20.2. The first kappa shape index (κ1) is 30.4. The van der Waals surface area contributed by atoms with E-state index in [0.29, 0.717) is 46.1 Å². The molecule has 2 N–H and O–H groups in total. The molecule has 0 aliphatic carbocycles. The molecule has 0 fully saturated rings. The molecule has 0 heterocycles. The molecular weight excluding hydrogens is 338 g/mol. The fraction of sp³-hybridized carbons (Fsp3) is 0.818. The molecule has 0 amide bonds. The SMILES string of the molecule is C=CCC(O)COCCOCCOCCO.[N-]=[N+]=[N-].[N-]=[N+]=[N-].[N-]=[N+]=[N-]. The van der Waals surface area contributed by atoms with Crippen molar-refractivity contribution in [2.75, 3.05) is 46.2 Å². The second-order valence-corrected chi connectivity index (χ2v) is 3.47. The highest BCUT2D eigenvalue weighted by molar-refractivity contribution is 4.71. The Bertz CT molecular complexity index is 336. The highest BCUT2D eigenvalue weighted by Crippen LogP contribution is 1.92. The summed E-state index contributed by atoms with van der Waals surface area (Å²) in [7, 11) is 0. The molecule has 14 heteroatoms. The number of rotatable bonds is 12. The Morgan fingerprint density at radius 3 is 1.52 bits per heavy atom. The maximum Gasteiger partial charge on any atom is 0.0807 e. The molecule has 0 aliphatic rings. The van der Waals surface area contributed by atoms with Crippen LogP contribution in [0.4, 0.5) is 0 Å². The molecule has 0 radical (unpaired) electrons. The van der Waals surface area contributed by atoms with Crippen LogP contribution < -0.4 is 0 Å². The van der Waals surface area contributed by atoms with Crippen molar-refractivity contribution < 1.29 is 24.4 Å². The normalized spacial score (nSPS) is 9.04. The Balaban J connectivity index is -0.000000204. The number of aliphatic hydroxyl groups is 2. The molecule has 144 valence electrons. The van der Waals surface area contributed by atoms with Crippen LogP contribution in [0.15, 0.2) is 12.7 Å². The number of hydrogen-bond acceptors (Lipinski definition) is 5. The summed E-state index contributed by atoms with van der Waals surface area (Å²) in [6.07, 6.45) is 1.71. The zero-order valence-corrected chi connectivity index (χ0v) is 13.7. The van der Waals surface area contributed by atoms with E-state index >= 15 is 0 Å². The highest BCUT2D eigenvalue weighted by Gasteiger charge is 2.00. The van der Waals surface area contributed by atoms with E-state index in [2.05, 4.69) is 6.58 Å². The van der Waals surface area contributed by atoms with E-state index in [1.54, 1.807) is 6.08 Å². The molecule has 0 aliphatic heterocycles. The monoisotopic (exact) mass is 360 g/mol. The summed E-state index contributed by atoms with van der Waals surface area (Å²) in [5.41, 5.74) is 40.5. The molecule has 0 aromatic heterocycles. The largest absolute Gasteiger partial charge is 0.394 e. The van der Waals surface area contributed by atoms with Gasteiger partial charge >= 0.3 is 0 Å². The summed E-state index contributed by atoms with van der Waals surface area (Å²) in [6, 6.07) is 0. The topological polar surface area (TPSA) is 244 Å². The Morgan fingerprint density at radius 1 is 0.800 bits per heavy atom. The third-order valence-corrected chi connectivity index (χ3v) is 1.73. The Morgan fingerprint density at radius 2 is 1.16 bits per heavy atom. The summed E-state index contributed by atoms with van der Waals surface area (Å²) in [4.78, 5) is 4.50. The lowest BCUT2D eigenvalue weighted by molar-refractivity contribution is -0.0118. The zero-order valence-electron chi connectivity index (χ0n) is 13.7. The molecule has 14 nitrogen and oxygen atoms in total. The van der Waals surface area contributed by atoms with Gasteiger partial charge in [-0.25, -0.2) is 0 Å². The van der Waals surface area contributed by atoms with Gasteiger partial charge in [-0.2, -0.15) is 0 Å². The van der Waals surface area contributed by atoms with Gasteiger partial charge in [-0.1, -0.05) is 6.08 Å². The molecule has 0 rings (SSSR count). The van der Waals surface area contributed by atoms with E-state index in [4.69, 9.17) is 52.5 Å². The highest BCUT2D eigenvalue weighted by atomic mass is 16.5. The smallest absolute Gasteiger partial charge is 0.0807 e. The number of hydrogen-bond donors (Lipinski definition) is 2. The lowest BCUT2D eigenvalue weighted by Gasteiger charge is -2.09. The molecule has 0 bridgehead atoms. The molecular formula is C11H22N9O5-3. The minimum Gasteiger partial charge on any atom is -0.394 e. The quantitative estimate of drug-likeness (QED) is 0.174. The van der Waals surface area contributed by atoms with Crippen LogP contribution in [0.1, 0.15) is 6.42 Å². The van der Waals surface area contributed by atoms with Crippen LogP contribution in [-0.2, 0) is 14.2 Å². The van der Waals surface area contributed by atoms with E-state index in [-0.39, 0.29) is 6.61 Å². The summed E-state index contributed by atoms with van der Waals surface area (Å²) in [6.45, 7) is 6.08. The summed E-state index contributed by atoms with van der Waals surface area (Å²) < 4.78 is 15.4. The predicted molar refractivity (Wildman–Crippen MR) is 90.6 cm³/mol. The van der Waals surface area contributed by atoms with Crippen molar-refractivity contribution in [1.82, 2.24) is 0 Å². The number of ether oxygens (including phenoxy) is 3. The molecule has 1 unspecified atom stereocenters. The average Bonchev–Trinajstić information content (AvgIpc) is 2.56. The van der Waals surface area contributed by atoms with Gasteiger partial charge in [0.15, 0.2) is 0 Å². The number of nitrogens with zero attached hydrogens (tertiary/aromatic N) is 9. The second kappa shape index (κ2) is 37.6. The fourth-order valence-corrected chi connectivity index (χ4v) is 0.984. The van der Waals surface area contributed by atoms with E-state index in [1.165, 1.54) is 14.7 Å².